The van der Waals surface area contributed by atoms with Crippen LogP contribution < -0.4 is 4.90 Å². The second-order valence-electron chi connectivity index (χ2n) is 9.56. The molecule has 0 unspecified atom stereocenters. The fraction of sp³-hybridized carbons (Fsp3) is 0.538. The normalized spacial score (nSPS) is 17.6. The summed E-state index contributed by atoms with van der Waals surface area (Å²) in [6.45, 7) is 12.1. The summed E-state index contributed by atoms with van der Waals surface area (Å²) < 4.78 is 2.18. The average Bonchev–Trinajstić information content (AvgIpc) is 3.13. The van der Waals surface area contributed by atoms with E-state index in [0.29, 0.717) is 6.04 Å². The number of hydrogen-bond donors (Lipinski definition) is 0. The monoisotopic (exact) mass is 402 g/mol. The molecule has 4 heteroatoms. The van der Waals surface area contributed by atoms with Crippen LogP contribution in [0.15, 0.2) is 12.1 Å². The minimum atomic E-state index is 0.648. The molecule has 3 heterocycles. The van der Waals surface area contributed by atoms with Crippen LogP contribution in [-0.2, 0) is 6.42 Å². The first kappa shape index (κ1) is 19.6. The molecule has 0 amide bonds. The first-order chi connectivity index (χ1) is 14.5. The Hall–Kier alpha value is -2.36. The molecule has 0 spiro atoms. The van der Waals surface area contributed by atoms with Crippen LogP contribution in [0.5, 0.6) is 0 Å². The lowest BCUT2D eigenvalue weighted by Crippen LogP contribution is -2.34. The average molecular weight is 403 g/mol. The van der Waals surface area contributed by atoms with Crippen LogP contribution in [0.2, 0.25) is 0 Å². The standard InChI is InChI=1S/C26H34N4/c1-16-14-17(2)23(18(3)15-16)24-20(5)28-30-25(24)27-19(4)22-12-13-29(26(22)30)21-10-8-6-7-9-11-21/h14-15,21H,6-13H2,1-5H3. The first-order valence-electron chi connectivity index (χ1n) is 11.7. The van der Waals surface area contributed by atoms with Crippen molar-refractivity contribution in [2.75, 3.05) is 11.4 Å². The van der Waals surface area contributed by atoms with Crippen LogP contribution in [0, 0.1) is 34.6 Å². The van der Waals surface area contributed by atoms with Crippen molar-refractivity contribution in [2.24, 2.45) is 0 Å². The second kappa shape index (κ2) is 7.40. The van der Waals surface area contributed by atoms with Gasteiger partial charge in [-0.3, -0.25) is 0 Å². The Morgan fingerprint density at radius 1 is 0.833 bits per heavy atom. The van der Waals surface area contributed by atoms with Crippen molar-refractivity contribution in [3.05, 3.63) is 45.8 Å². The van der Waals surface area contributed by atoms with E-state index in [-0.39, 0.29) is 0 Å². The van der Waals surface area contributed by atoms with E-state index in [9.17, 15) is 0 Å². The molecule has 5 rings (SSSR count). The molecular formula is C26H34N4. The molecule has 158 valence electrons. The molecule has 0 N–H and O–H groups in total. The Morgan fingerprint density at radius 3 is 2.17 bits per heavy atom. The van der Waals surface area contributed by atoms with Gasteiger partial charge in [-0.25, -0.2) is 4.98 Å². The SMILES string of the molecule is Cc1cc(C)c(-c2c(C)nn3c4c(c(C)nc23)CCN4C2CCCCCC2)c(C)c1. The van der Waals surface area contributed by atoms with E-state index < -0.39 is 0 Å². The quantitative estimate of drug-likeness (QED) is 0.491. The lowest BCUT2D eigenvalue weighted by molar-refractivity contribution is 0.530. The zero-order valence-electron chi connectivity index (χ0n) is 19.2. The van der Waals surface area contributed by atoms with Crippen molar-refractivity contribution >= 4 is 11.5 Å². The lowest BCUT2D eigenvalue weighted by atomic mass is 9.94. The van der Waals surface area contributed by atoms with E-state index in [0.717, 1.165) is 24.3 Å². The van der Waals surface area contributed by atoms with Gasteiger partial charge in [0, 0.05) is 23.8 Å². The summed E-state index contributed by atoms with van der Waals surface area (Å²) in [7, 11) is 0. The summed E-state index contributed by atoms with van der Waals surface area (Å²) in [6, 6.07) is 5.21. The van der Waals surface area contributed by atoms with Crippen molar-refractivity contribution < 1.29 is 0 Å². The maximum absolute atomic E-state index is 5.12. The number of benzene rings is 1. The number of fused-ring (bicyclic) bond motifs is 3. The molecule has 1 aliphatic heterocycles. The Kier molecular flexibility index (Phi) is 4.83. The molecule has 2 aromatic heterocycles. The minimum absolute atomic E-state index is 0.648. The topological polar surface area (TPSA) is 33.4 Å². The predicted molar refractivity (Wildman–Crippen MR) is 125 cm³/mol. The largest absolute Gasteiger partial charge is 0.353 e. The molecule has 1 aliphatic carbocycles. The zero-order chi connectivity index (χ0) is 21.0. The van der Waals surface area contributed by atoms with Crippen LogP contribution in [0.4, 0.5) is 5.82 Å². The third-order valence-corrected chi connectivity index (χ3v) is 7.28. The number of nitrogens with zero attached hydrogens (tertiary/aromatic N) is 4. The zero-order valence-corrected chi connectivity index (χ0v) is 19.2. The highest BCUT2D eigenvalue weighted by molar-refractivity contribution is 5.85. The highest BCUT2D eigenvalue weighted by atomic mass is 15.4. The number of hydrogen-bond acceptors (Lipinski definition) is 3. The summed E-state index contributed by atoms with van der Waals surface area (Å²) in [5.74, 6) is 1.32. The fourth-order valence-electron chi connectivity index (χ4n) is 6.00. The highest BCUT2D eigenvalue weighted by Gasteiger charge is 2.32. The van der Waals surface area contributed by atoms with E-state index in [1.54, 1.807) is 0 Å². The van der Waals surface area contributed by atoms with Crippen LogP contribution in [0.3, 0.4) is 0 Å². The summed E-state index contributed by atoms with van der Waals surface area (Å²) in [5, 5.41) is 5.09. The predicted octanol–water partition coefficient (Wildman–Crippen LogP) is 6.02. The Balaban J connectivity index is 1.72. The second-order valence-corrected chi connectivity index (χ2v) is 9.56. The molecular weight excluding hydrogens is 368 g/mol. The third-order valence-electron chi connectivity index (χ3n) is 7.28. The van der Waals surface area contributed by atoms with Gasteiger partial charge in [-0.15, -0.1) is 0 Å². The summed E-state index contributed by atoms with van der Waals surface area (Å²) in [6.07, 6.45) is 9.20. The lowest BCUT2D eigenvalue weighted by Gasteiger charge is -2.29. The van der Waals surface area contributed by atoms with Crippen molar-refractivity contribution in [1.29, 1.82) is 0 Å². The van der Waals surface area contributed by atoms with Crippen molar-refractivity contribution in [1.82, 2.24) is 14.6 Å². The summed E-state index contributed by atoms with van der Waals surface area (Å²) in [5.41, 5.74) is 11.1. The Morgan fingerprint density at radius 2 is 1.50 bits per heavy atom. The van der Waals surface area contributed by atoms with E-state index >= 15 is 0 Å². The van der Waals surface area contributed by atoms with Crippen LogP contribution in [0.1, 0.15) is 72.2 Å². The molecule has 0 bridgehead atoms. The molecule has 0 radical (unpaired) electrons. The van der Waals surface area contributed by atoms with Gasteiger partial charge in [0.2, 0.25) is 0 Å². The van der Waals surface area contributed by atoms with Gasteiger partial charge in [0.1, 0.15) is 5.82 Å². The van der Waals surface area contributed by atoms with Gasteiger partial charge >= 0.3 is 0 Å². The molecule has 2 aliphatic rings. The number of anilines is 1. The molecule has 4 nitrogen and oxygen atoms in total. The molecule has 30 heavy (non-hydrogen) atoms. The van der Waals surface area contributed by atoms with Gasteiger partial charge in [0.15, 0.2) is 5.65 Å². The van der Waals surface area contributed by atoms with Gasteiger partial charge in [-0.1, -0.05) is 43.4 Å². The summed E-state index contributed by atoms with van der Waals surface area (Å²) in [4.78, 5) is 7.79. The molecule has 1 aromatic carbocycles. The van der Waals surface area contributed by atoms with Gasteiger partial charge < -0.3 is 4.90 Å². The van der Waals surface area contributed by atoms with Crippen LogP contribution in [-0.4, -0.2) is 27.2 Å². The highest BCUT2D eigenvalue weighted by Crippen LogP contribution is 2.40. The molecule has 1 fully saturated rings. The van der Waals surface area contributed by atoms with Crippen LogP contribution in [0.25, 0.3) is 16.8 Å². The molecule has 1 saturated carbocycles. The Labute approximate surface area is 180 Å². The minimum Gasteiger partial charge on any atom is -0.353 e. The van der Waals surface area contributed by atoms with Crippen LogP contribution >= 0.6 is 0 Å². The van der Waals surface area contributed by atoms with Gasteiger partial charge in [0.05, 0.1) is 11.3 Å². The van der Waals surface area contributed by atoms with Gasteiger partial charge in [-0.2, -0.15) is 9.61 Å². The van der Waals surface area contributed by atoms with E-state index in [1.165, 1.54) is 83.4 Å². The summed E-state index contributed by atoms with van der Waals surface area (Å²) >= 11 is 0. The van der Waals surface area contributed by atoms with Crippen molar-refractivity contribution in [2.45, 2.75) is 85.6 Å². The van der Waals surface area contributed by atoms with Gasteiger partial charge in [-0.05, 0) is 70.6 Å². The van der Waals surface area contributed by atoms with E-state index in [2.05, 4.69) is 56.2 Å². The number of rotatable bonds is 2. The first-order valence-corrected chi connectivity index (χ1v) is 11.7. The van der Waals surface area contributed by atoms with Crippen molar-refractivity contribution in [3.63, 3.8) is 0 Å². The van der Waals surface area contributed by atoms with Gasteiger partial charge in [0.25, 0.3) is 0 Å². The number of aryl methyl sites for hydroxylation is 5. The maximum Gasteiger partial charge on any atom is 0.165 e. The van der Waals surface area contributed by atoms with Crippen molar-refractivity contribution in [3.8, 4) is 11.1 Å². The number of aromatic nitrogens is 3. The van der Waals surface area contributed by atoms with E-state index in [1.807, 2.05) is 0 Å². The maximum atomic E-state index is 5.12. The molecule has 3 aromatic rings. The third kappa shape index (κ3) is 3.03. The van der Waals surface area contributed by atoms with E-state index in [4.69, 9.17) is 10.1 Å². The Bertz CT molecular complexity index is 1090. The molecule has 0 atom stereocenters. The fourth-order valence-corrected chi connectivity index (χ4v) is 6.00. The smallest absolute Gasteiger partial charge is 0.165 e. The molecule has 0 saturated heterocycles.